The number of aliphatic imine (C=N–C) groups is 1. The van der Waals surface area contributed by atoms with Crippen molar-refractivity contribution in [3.05, 3.63) is 24.0 Å². The van der Waals surface area contributed by atoms with Crippen LogP contribution in [0.1, 0.15) is 32.4 Å². The highest BCUT2D eigenvalue weighted by molar-refractivity contribution is 14.0. The summed E-state index contributed by atoms with van der Waals surface area (Å²) >= 11 is 0. The van der Waals surface area contributed by atoms with E-state index in [2.05, 4.69) is 26.3 Å². The Bertz CT molecular complexity index is 689. The Hall–Kier alpha value is -1.78. The fourth-order valence-electron chi connectivity index (χ4n) is 2.99. The number of carbonyl (C=O) groups excluding carboxylic acids is 2. The highest BCUT2D eigenvalue weighted by Gasteiger charge is 2.45. The third-order valence-electron chi connectivity index (χ3n) is 4.92. The van der Waals surface area contributed by atoms with Crippen molar-refractivity contribution in [3.8, 4) is 0 Å². The number of aromatic nitrogens is 1. The van der Waals surface area contributed by atoms with Gasteiger partial charge in [-0.1, -0.05) is 6.92 Å². The first-order valence-corrected chi connectivity index (χ1v) is 8.98. The van der Waals surface area contributed by atoms with E-state index in [1.165, 1.54) is 10.6 Å². The molecular weight excluding hydrogens is 459 g/mol. The molecule has 1 aliphatic heterocycles. The van der Waals surface area contributed by atoms with E-state index in [-0.39, 0.29) is 35.9 Å². The van der Waals surface area contributed by atoms with Crippen LogP contribution in [-0.2, 0) is 18.4 Å². The number of rotatable bonds is 7. The zero-order valence-electron chi connectivity index (χ0n) is 16.8. The van der Waals surface area contributed by atoms with Crippen LogP contribution in [0.25, 0.3) is 0 Å². The number of nitrogens with zero attached hydrogens (tertiary/aromatic N) is 4. The smallest absolute Gasteiger partial charge is 0.325 e. The maximum Gasteiger partial charge on any atom is 0.325 e. The summed E-state index contributed by atoms with van der Waals surface area (Å²) in [5.74, 6) is 0.636. The summed E-state index contributed by atoms with van der Waals surface area (Å²) in [4.78, 5) is 32.0. The topological polar surface area (TPSA) is 82.0 Å². The van der Waals surface area contributed by atoms with Gasteiger partial charge >= 0.3 is 6.03 Å². The van der Waals surface area contributed by atoms with Gasteiger partial charge < -0.3 is 20.1 Å². The largest absolute Gasteiger partial charge is 0.356 e. The number of imide groups is 1. The third kappa shape index (κ3) is 5.36. The first kappa shape index (κ1) is 23.3. The molecule has 8 nitrogen and oxygen atoms in total. The van der Waals surface area contributed by atoms with Crippen molar-refractivity contribution in [2.24, 2.45) is 12.0 Å². The maximum atomic E-state index is 12.4. The minimum atomic E-state index is -0.768. The summed E-state index contributed by atoms with van der Waals surface area (Å²) in [6.45, 7) is 5.43. The molecule has 1 aromatic heterocycles. The first-order valence-electron chi connectivity index (χ1n) is 8.98. The Balaban J connectivity index is 0.00000364. The summed E-state index contributed by atoms with van der Waals surface area (Å²) in [5.41, 5.74) is 0.421. The van der Waals surface area contributed by atoms with E-state index in [4.69, 9.17) is 0 Å². The molecule has 0 saturated carbocycles. The molecule has 1 fully saturated rings. The Morgan fingerprint density at radius 3 is 2.63 bits per heavy atom. The lowest BCUT2D eigenvalue weighted by atomic mass is 9.99. The molecule has 0 aromatic carbocycles. The van der Waals surface area contributed by atoms with Gasteiger partial charge in [0, 0.05) is 46.1 Å². The molecule has 0 aliphatic carbocycles. The van der Waals surface area contributed by atoms with Crippen LogP contribution in [-0.4, -0.2) is 65.0 Å². The molecule has 3 amide bonds. The van der Waals surface area contributed by atoms with Crippen LogP contribution in [0.3, 0.4) is 0 Å². The number of aryl methyl sites for hydroxylation is 1. The van der Waals surface area contributed by atoms with Crippen LogP contribution < -0.4 is 10.6 Å². The van der Waals surface area contributed by atoms with Crippen molar-refractivity contribution in [1.29, 1.82) is 0 Å². The monoisotopic (exact) mass is 490 g/mol. The number of urea groups is 1. The number of carbonyl (C=O) groups is 2. The Labute approximate surface area is 178 Å². The lowest BCUT2D eigenvalue weighted by molar-refractivity contribution is -0.130. The van der Waals surface area contributed by atoms with Crippen LogP contribution in [0.5, 0.6) is 0 Å². The highest BCUT2D eigenvalue weighted by atomic mass is 127. The molecule has 0 bridgehead atoms. The average Bonchev–Trinajstić information content (AvgIpc) is 3.10. The van der Waals surface area contributed by atoms with Gasteiger partial charge in [-0.05, 0) is 31.9 Å². The van der Waals surface area contributed by atoms with E-state index in [1.807, 2.05) is 38.2 Å². The fraction of sp³-hybridized carbons (Fsp3) is 0.611. The van der Waals surface area contributed by atoms with Gasteiger partial charge in [-0.25, -0.2) is 4.79 Å². The van der Waals surface area contributed by atoms with Crippen molar-refractivity contribution in [1.82, 2.24) is 25.0 Å². The summed E-state index contributed by atoms with van der Waals surface area (Å²) in [7, 11) is 5.74. The maximum absolute atomic E-state index is 12.4. The minimum Gasteiger partial charge on any atom is -0.356 e. The minimum absolute atomic E-state index is 0. The second-order valence-electron chi connectivity index (χ2n) is 6.87. The zero-order valence-corrected chi connectivity index (χ0v) is 19.1. The molecule has 1 aromatic rings. The molecule has 27 heavy (non-hydrogen) atoms. The number of nitrogens with one attached hydrogen (secondary N) is 2. The number of hydrogen-bond donors (Lipinski definition) is 2. The normalized spacial score (nSPS) is 19.7. The molecule has 1 atom stereocenters. The first-order chi connectivity index (χ1) is 12.3. The van der Waals surface area contributed by atoms with Crippen molar-refractivity contribution in [3.63, 3.8) is 0 Å². The summed E-state index contributed by atoms with van der Waals surface area (Å²) in [5, 5.41) is 6.06. The van der Waals surface area contributed by atoms with Crippen LogP contribution in [0.2, 0.25) is 0 Å². The van der Waals surface area contributed by atoms with Crippen LogP contribution >= 0.6 is 24.0 Å². The lowest BCUT2D eigenvalue weighted by Gasteiger charge is -2.23. The molecule has 0 radical (unpaired) electrons. The molecule has 152 valence electrons. The predicted molar refractivity (Wildman–Crippen MR) is 117 cm³/mol. The number of hydrogen-bond acceptors (Lipinski definition) is 3. The van der Waals surface area contributed by atoms with Gasteiger partial charge in [0.15, 0.2) is 5.96 Å². The Kier molecular flexibility index (Phi) is 8.58. The van der Waals surface area contributed by atoms with Crippen LogP contribution in [0.4, 0.5) is 4.79 Å². The standard InChI is InChI=1S/C18H30N6O2.HI/c1-6-18(2)15(25)24(17(26)21-18)12-8-10-20-16(19-3)23(5)13-14-9-7-11-22(14)4;/h7,9,11H,6,8,10,12-13H2,1-5H3,(H,19,20)(H,21,26);1H. The summed E-state index contributed by atoms with van der Waals surface area (Å²) in [6, 6.07) is 3.79. The second kappa shape index (κ2) is 9.95. The Morgan fingerprint density at radius 1 is 1.41 bits per heavy atom. The molecular formula is C18H31IN6O2. The van der Waals surface area contributed by atoms with E-state index in [9.17, 15) is 9.59 Å². The molecule has 2 heterocycles. The average molecular weight is 490 g/mol. The van der Waals surface area contributed by atoms with Crippen LogP contribution in [0.15, 0.2) is 23.3 Å². The molecule has 2 N–H and O–H groups in total. The van der Waals surface area contributed by atoms with Crippen molar-refractivity contribution in [2.45, 2.75) is 38.8 Å². The number of halogens is 1. The van der Waals surface area contributed by atoms with Gasteiger partial charge in [-0.2, -0.15) is 0 Å². The second-order valence-corrected chi connectivity index (χ2v) is 6.87. The van der Waals surface area contributed by atoms with Gasteiger partial charge in [-0.15, -0.1) is 24.0 Å². The highest BCUT2D eigenvalue weighted by Crippen LogP contribution is 2.20. The van der Waals surface area contributed by atoms with Crippen molar-refractivity contribution < 1.29 is 9.59 Å². The van der Waals surface area contributed by atoms with E-state index >= 15 is 0 Å². The molecule has 1 aliphatic rings. The van der Waals surface area contributed by atoms with Crippen LogP contribution in [0, 0.1) is 0 Å². The lowest BCUT2D eigenvalue weighted by Crippen LogP contribution is -2.43. The quantitative estimate of drug-likeness (QED) is 0.201. The predicted octanol–water partition coefficient (Wildman–Crippen LogP) is 1.76. The third-order valence-corrected chi connectivity index (χ3v) is 4.92. The van der Waals surface area contributed by atoms with Crippen molar-refractivity contribution >= 4 is 41.9 Å². The number of guanidine groups is 1. The molecule has 9 heteroatoms. The van der Waals surface area contributed by atoms with Gasteiger partial charge in [0.25, 0.3) is 5.91 Å². The molecule has 1 saturated heterocycles. The molecule has 0 spiro atoms. The fourth-order valence-corrected chi connectivity index (χ4v) is 2.99. The summed E-state index contributed by atoms with van der Waals surface area (Å²) in [6.07, 6.45) is 3.26. The SMILES string of the molecule is CCC1(C)NC(=O)N(CCCNC(=NC)N(C)Cc2cccn2C)C1=O.I. The van der Waals surface area contributed by atoms with E-state index in [0.717, 1.165) is 12.5 Å². The summed E-state index contributed by atoms with van der Waals surface area (Å²) < 4.78 is 2.08. The van der Waals surface area contributed by atoms with Gasteiger partial charge in [0.05, 0.1) is 6.54 Å². The van der Waals surface area contributed by atoms with Gasteiger partial charge in [-0.3, -0.25) is 14.7 Å². The zero-order chi connectivity index (χ0) is 19.3. The molecule has 2 rings (SSSR count). The number of amides is 3. The van der Waals surface area contributed by atoms with Gasteiger partial charge in [0.1, 0.15) is 5.54 Å². The Morgan fingerprint density at radius 2 is 2.11 bits per heavy atom. The van der Waals surface area contributed by atoms with E-state index < -0.39 is 5.54 Å². The molecule has 1 unspecified atom stereocenters. The van der Waals surface area contributed by atoms with E-state index in [1.54, 1.807) is 14.0 Å². The van der Waals surface area contributed by atoms with Gasteiger partial charge in [0.2, 0.25) is 0 Å². The van der Waals surface area contributed by atoms with E-state index in [0.29, 0.717) is 25.9 Å². The van der Waals surface area contributed by atoms with Crippen molar-refractivity contribution in [2.75, 3.05) is 27.2 Å².